The predicted octanol–water partition coefficient (Wildman–Crippen LogP) is 1.67. The van der Waals surface area contributed by atoms with Crippen molar-refractivity contribution in [2.24, 2.45) is 5.92 Å². The zero-order valence-corrected chi connectivity index (χ0v) is 13.0. The van der Waals surface area contributed by atoms with E-state index < -0.39 is 0 Å². The summed E-state index contributed by atoms with van der Waals surface area (Å²) in [5.74, 6) is 0.992. The molecular formula is C17H18N4O2. The first-order chi connectivity index (χ1) is 11.2. The van der Waals surface area contributed by atoms with E-state index in [1.807, 2.05) is 6.20 Å². The Morgan fingerprint density at radius 1 is 1.48 bits per heavy atom. The second-order valence-electron chi connectivity index (χ2n) is 5.70. The molecule has 1 aliphatic rings. The van der Waals surface area contributed by atoms with Crippen LogP contribution in [0.3, 0.4) is 0 Å². The van der Waals surface area contributed by atoms with Gasteiger partial charge >= 0.3 is 0 Å². The number of hydrogen-bond acceptors (Lipinski definition) is 4. The van der Waals surface area contributed by atoms with Crippen LogP contribution in [-0.4, -0.2) is 40.6 Å². The van der Waals surface area contributed by atoms with Gasteiger partial charge in [0.05, 0.1) is 24.8 Å². The topological polar surface area (TPSA) is 71.2 Å². The molecule has 0 radical (unpaired) electrons. The molecule has 0 spiro atoms. The molecule has 0 N–H and O–H groups in total. The molecule has 3 rings (SSSR count). The third-order valence-corrected chi connectivity index (χ3v) is 4.00. The molecule has 1 aliphatic heterocycles. The van der Waals surface area contributed by atoms with Gasteiger partial charge in [0.2, 0.25) is 0 Å². The van der Waals surface area contributed by atoms with Gasteiger partial charge in [0.25, 0.3) is 5.91 Å². The number of hydrogen-bond donors (Lipinski definition) is 0. The van der Waals surface area contributed by atoms with Crippen LogP contribution in [0.15, 0.2) is 36.7 Å². The number of nitrogens with zero attached hydrogens (tertiary/aromatic N) is 4. The Morgan fingerprint density at radius 2 is 2.35 bits per heavy atom. The summed E-state index contributed by atoms with van der Waals surface area (Å²) in [6.45, 7) is 2.43. The molecular weight excluding hydrogens is 292 g/mol. The first kappa shape index (κ1) is 15.3. The summed E-state index contributed by atoms with van der Waals surface area (Å²) in [5, 5.41) is 9.01. The highest BCUT2D eigenvalue weighted by Gasteiger charge is 2.26. The predicted molar refractivity (Wildman–Crippen MR) is 83.5 cm³/mol. The van der Waals surface area contributed by atoms with Crippen molar-refractivity contribution in [1.82, 2.24) is 14.5 Å². The van der Waals surface area contributed by atoms with Gasteiger partial charge in [-0.05, 0) is 18.2 Å². The van der Waals surface area contributed by atoms with Gasteiger partial charge in [-0.3, -0.25) is 4.79 Å². The van der Waals surface area contributed by atoms with Crippen molar-refractivity contribution in [1.29, 1.82) is 5.26 Å². The van der Waals surface area contributed by atoms with E-state index in [2.05, 4.69) is 15.6 Å². The lowest BCUT2D eigenvalue weighted by Crippen LogP contribution is -2.35. The average Bonchev–Trinajstić information content (AvgIpc) is 2.93. The highest BCUT2D eigenvalue weighted by atomic mass is 16.5. The molecule has 1 atom stereocenters. The molecule has 2 heterocycles. The molecule has 0 unspecified atom stereocenters. The van der Waals surface area contributed by atoms with E-state index in [0.29, 0.717) is 30.8 Å². The molecule has 6 heteroatoms. The summed E-state index contributed by atoms with van der Waals surface area (Å²) >= 11 is 0. The van der Waals surface area contributed by atoms with Crippen LogP contribution in [0.2, 0.25) is 0 Å². The number of fused-ring (bicyclic) bond motifs is 1. The Balaban J connectivity index is 1.88. The maximum atomic E-state index is 12.8. The fourth-order valence-corrected chi connectivity index (χ4v) is 2.94. The molecule has 1 aromatic heterocycles. The first-order valence-electron chi connectivity index (χ1n) is 7.49. The maximum Gasteiger partial charge on any atom is 0.254 e. The minimum absolute atomic E-state index is 0.0837. The minimum Gasteiger partial charge on any atom is -0.384 e. The fraction of sp³-hybridized carbons (Fsp3) is 0.353. The molecule has 23 heavy (non-hydrogen) atoms. The van der Waals surface area contributed by atoms with Gasteiger partial charge in [-0.1, -0.05) is 6.07 Å². The van der Waals surface area contributed by atoms with Gasteiger partial charge in [0.15, 0.2) is 0 Å². The summed E-state index contributed by atoms with van der Waals surface area (Å²) in [4.78, 5) is 19.0. The smallest absolute Gasteiger partial charge is 0.254 e. The zero-order chi connectivity index (χ0) is 16.2. The highest BCUT2D eigenvalue weighted by molar-refractivity contribution is 5.94. The number of nitriles is 1. The van der Waals surface area contributed by atoms with Gasteiger partial charge in [-0.25, -0.2) is 4.98 Å². The fourth-order valence-electron chi connectivity index (χ4n) is 2.94. The lowest BCUT2D eigenvalue weighted by atomic mass is 10.1. The van der Waals surface area contributed by atoms with Crippen molar-refractivity contribution in [3.8, 4) is 6.07 Å². The van der Waals surface area contributed by atoms with E-state index in [4.69, 9.17) is 10.00 Å². The maximum absolute atomic E-state index is 12.8. The van der Waals surface area contributed by atoms with Gasteiger partial charge in [-0.15, -0.1) is 0 Å². The van der Waals surface area contributed by atoms with Crippen molar-refractivity contribution in [3.63, 3.8) is 0 Å². The largest absolute Gasteiger partial charge is 0.384 e. The van der Waals surface area contributed by atoms with Crippen molar-refractivity contribution < 1.29 is 9.53 Å². The normalized spacial score (nSPS) is 17.2. The van der Waals surface area contributed by atoms with Crippen molar-refractivity contribution >= 4 is 5.91 Å². The van der Waals surface area contributed by atoms with Crippen LogP contribution >= 0.6 is 0 Å². The molecule has 1 amide bonds. The molecule has 6 nitrogen and oxygen atoms in total. The van der Waals surface area contributed by atoms with E-state index in [1.54, 1.807) is 42.5 Å². The van der Waals surface area contributed by atoms with E-state index >= 15 is 0 Å². The van der Waals surface area contributed by atoms with Gasteiger partial charge in [-0.2, -0.15) is 5.26 Å². The van der Waals surface area contributed by atoms with Crippen LogP contribution in [0.25, 0.3) is 0 Å². The lowest BCUT2D eigenvalue weighted by molar-refractivity contribution is 0.0666. The summed E-state index contributed by atoms with van der Waals surface area (Å²) in [5.41, 5.74) is 1.01. The summed E-state index contributed by atoms with van der Waals surface area (Å²) in [7, 11) is 1.67. The number of rotatable bonds is 3. The second-order valence-corrected chi connectivity index (χ2v) is 5.70. The van der Waals surface area contributed by atoms with Gasteiger partial charge < -0.3 is 14.2 Å². The summed E-state index contributed by atoms with van der Waals surface area (Å²) in [6.07, 6.45) is 3.69. The first-order valence-corrected chi connectivity index (χ1v) is 7.49. The standard InChI is InChI=1S/C17H18N4O2/c1-23-12-14-9-20-6-5-19-16(20)11-21(10-14)17(22)15-4-2-3-13(7-15)8-18/h2-7,14H,9-12H2,1H3/t14-/m1/s1. The third kappa shape index (κ3) is 3.25. The van der Waals surface area contributed by atoms with Crippen molar-refractivity contribution in [2.75, 3.05) is 20.3 Å². The number of methoxy groups -OCH3 is 1. The minimum atomic E-state index is -0.0837. The molecule has 2 aromatic rings. The Labute approximate surface area is 134 Å². The van der Waals surface area contributed by atoms with Crippen LogP contribution in [0.4, 0.5) is 0 Å². The number of benzene rings is 1. The molecule has 0 fully saturated rings. The van der Waals surface area contributed by atoms with E-state index in [0.717, 1.165) is 12.4 Å². The molecule has 0 saturated carbocycles. The highest BCUT2D eigenvalue weighted by Crippen LogP contribution is 2.18. The summed E-state index contributed by atoms with van der Waals surface area (Å²) in [6, 6.07) is 8.87. The number of amides is 1. The average molecular weight is 310 g/mol. The van der Waals surface area contributed by atoms with E-state index in [9.17, 15) is 4.79 Å². The number of aromatic nitrogens is 2. The second kappa shape index (κ2) is 6.63. The molecule has 0 bridgehead atoms. The Morgan fingerprint density at radius 3 is 3.13 bits per heavy atom. The monoisotopic (exact) mass is 310 g/mol. The molecule has 0 saturated heterocycles. The molecule has 1 aromatic carbocycles. The van der Waals surface area contributed by atoms with Crippen LogP contribution in [0.5, 0.6) is 0 Å². The Kier molecular flexibility index (Phi) is 4.40. The van der Waals surface area contributed by atoms with Crippen LogP contribution in [0.1, 0.15) is 21.7 Å². The lowest BCUT2D eigenvalue weighted by Gasteiger charge is -2.23. The number of ether oxygens (including phenoxy) is 1. The van der Waals surface area contributed by atoms with Gasteiger partial charge in [0.1, 0.15) is 5.82 Å². The van der Waals surface area contributed by atoms with E-state index in [1.165, 1.54) is 0 Å². The Hall–Kier alpha value is -2.65. The number of carbonyl (C=O) groups excluding carboxylic acids is 1. The Bertz CT molecular complexity index is 747. The third-order valence-electron chi connectivity index (χ3n) is 4.00. The molecule has 118 valence electrons. The number of imidazole rings is 1. The van der Waals surface area contributed by atoms with Crippen LogP contribution < -0.4 is 0 Å². The zero-order valence-electron chi connectivity index (χ0n) is 13.0. The quantitative estimate of drug-likeness (QED) is 0.864. The van der Waals surface area contributed by atoms with Gasteiger partial charge in [0, 0.05) is 44.1 Å². The number of carbonyl (C=O) groups is 1. The summed E-state index contributed by atoms with van der Waals surface area (Å²) < 4.78 is 7.36. The SMILES string of the molecule is COC[C@H]1CN(C(=O)c2cccc(C#N)c2)Cc2nccn2C1. The van der Waals surface area contributed by atoms with Crippen LogP contribution in [-0.2, 0) is 17.8 Å². The molecule has 0 aliphatic carbocycles. The van der Waals surface area contributed by atoms with E-state index in [-0.39, 0.29) is 11.8 Å². The van der Waals surface area contributed by atoms with Crippen LogP contribution in [0, 0.1) is 17.2 Å². The van der Waals surface area contributed by atoms with Crippen molar-refractivity contribution in [3.05, 3.63) is 53.6 Å². The van der Waals surface area contributed by atoms with Crippen molar-refractivity contribution in [2.45, 2.75) is 13.1 Å².